The van der Waals surface area contributed by atoms with Gasteiger partial charge in [0, 0.05) is 24.7 Å². The van der Waals surface area contributed by atoms with Gasteiger partial charge >= 0.3 is 6.18 Å². The molecule has 1 fully saturated rings. The zero-order valence-electron chi connectivity index (χ0n) is 17.3. The molecule has 1 saturated heterocycles. The molecule has 2 aromatic rings. The van der Waals surface area contributed by atoms with Crippen LogP contribution < -0.4 is 9.64 Å². The Balaban J connectivity index is 1.75. The van der Waals surface area contributed by atoms with Crippen molar-refractivity contribution < 1.29 is 23.0 Å². The van der Waals surface area contributed by atoms with Crippen LogP contribution in [0, 0.1) is 6.92 Å². The van der Waals surface area contributed by atoms with Crippen molar-refractivity contribution in [1.82, 2.24) is 15.1 Å². The summed E-state index contributed by atoms with van der Waals surface area (Å²) >= 11 is 0. The molecular formula is C21H25F3N4O2. The van der Waals surface area contributed by atoms with E-state index in [0.717, 1.165) is 61.9 Å². The minimum Gasteiger partial charge on any atom is -0.507 e. The van der Waals surface area contributed by atoms with Gasteiger partial charge in [-0.3, -0.25) is 0 Å². The van der Waals surface area contributed by atoms with Crippen LogP contribution in [0.3, 0.4) is 0 Å². The normalized spacial score (nSPS) is 19.8. The monoisotopic (exact) mass is 422 g/mol. The van der Waals surface area contributed by atoms with E-state index in [-0.39, 0.29) is 11.3 Å². The summed E-state index contributed by atoms with van der Waals surface area (Å²) in [5.41, 5.74) is 1.34. The molecule has 0 spiro atoms. The Hall–Kier alpha value is -2.55. The number of likely N-dealkylation sites (N-methyl/N-ethyl adjacent to an activating group) is 1. The number of piperidine rings is 1. The van der Waals surface area contributed by atoms with Crippen LogP contribution in [0.5, 0.6) is 11.5 Å². The van der Waals surface area contributed by atoms with Gasteiger partial charge in [-0.15, -0.1) is 10.2 Å². The van der Waals surface area contributed by atoms with Gasteiger partial charge in [-0.2, -0.15) is 13.2 Å². The molecule has 1 atom stereocenters. The Morgan fingerprint density at radius 1 is 1.20 bits per heavy atom. The van der Waals surface area contributed by atoms with Crippen molar-refractivity contribution >= 4 is 5.82 Å². The number of hydrogen-bond acceptors (Lipinski definition) is 6. The topological polar surface area (TPSA) is 61.7 Å². The standard InChI is InChI=1S/C21H25F3N4O2/c1-12-15-6-8-28(14-5-4-7-27(2)11-14)20(15)26-25-19(12)18-16(29)9-13(21(22,23)24)10-17(18)30-3/h9-10,14,29H,4-8,11H2,1-3H3/t14-/m1/s1. The molecule has 2 aliphatic rings. The average Bonchev–Trinajstić information content (AvgIpc) is 3.12. The Morgan fingerprint density at radius 2 is 1.97 bits per heavy atom. The van der Waals surface area contributed by atoms with E-state index in [4.69, 9.17) is 4.74 Å². The van der Waals surface area contributed by atoms with E-state index in [2.05, 4.69) is 27.0 Å². The number of aromatic nitrogens is 2. The lowest BCUT2D eigenvalue weighted by Crippen LogP contribution is -2.46. The van der Waals surface area contributed by atoms with Crippen LogP contribution in [0.25, 0.3) is 11.3 Å². The minimum atomic E-state index is -4.59. The van der Waals surface area contributed by atoms with Gasteiger partial charge in [0.05, 0.1) is 18.2 Å². The number of fused-ring (bicyclic) bond motifs is 1. The summed E-state index contributed by atoms with van der Waals surface area (Å²) < 4.78 is 44.5. The number of anilines is 1. The fourth-order valence-electron chi connectivity index (χ4n) is 4.56. The summed E-state index contributed by atoms with van der Waals surface area (Å²) in [6, 6.07) is 1.96. The quantitative estimate of drug-likeness (QED) is 0.815. The molecule has 4 rings (SSSR count). The Labute approximate surface area is 173 Å². The first-order valence-electron chi connectivity index (χ1n) is 10.0. The number of rotatable bonds is 3. The third kappa shape index (κ3) is 3.55. The zero-order valence-corrected chi connectivity index (χ0v) is 17.3. The third-order valence-electron chi connectivity index (χ3n) is 6.10. The molecule has 2 aliphatic heterocycles. The van der Waals surface area contributed by atoms with Crippen molar-refractivity contribution in [2.45, 2.75) is 38.4 Å². The highest BCUT2D eigenvalue weighted by atomic mass is 19.4. The van der Waals surface area contributed by atoms with Crippen molar-refractivity contribution in [1.29, 1.82) is 0 Å². The predicted molar refractivity (Wildman–Crippen MR) is 107 cm³/mol. The van der Waals surface area contributed by atoms with Gasteiger partial charge in [0.1, 0.15) is 17.2 Å². The molecule has 3 heterocycles. The van der Waals surface area contributed by atoms with E-state index in [1.165, 1.54) is 7.11 Å². The van der Waals surface area contributed by atoms with Crippen molar-refractivity contribution in [3.8, 4) is 22.8 Å². The summed E-state index contributed by atoms with van der Waals surface area (Å²) in [6.07, 6.45) is -1.57. The lowest BCUT2D eigenvalue weighted by atomic mass is 9.99. The number of likely N-dealkylation sites (tertiary alicyclic amines) is 1. The van der Waals surface area contributed by atoms with E-state index in [9.17, 15) is 18.3 Å². The average molecular weight is 422 g/mol. The molecule has 0 unspecified atom stereocenters. The third-order valence-corrected chi connectivity index (χ3v) is 6.10. The van der Waals surface area contributed by atoms with Crippen LogP contribution in [0.4, 0.5) is 19.0 Å². The summed E-state index contributed by atoms with van der Waals surface area (Å²) in [6.45, 7) is 4.77. The number of methoxy groups -OCH3 is 1. The molecule has 0 aliphatic carbocycles. The number of nitrogens with zero attached hydrogens (tertiary/aromatic N) is 4. The van der Waals surface area contributed by atoms with E-state index in [1.54, 1.807) is 0 Å². The number of benzene rings is 1. The fraction of sp³-hybridized carbons (Fsp3) is 0.524. The highest BCUT2D eigenvalue weighted by molar-refractivity contribution is 5.78. The maximum absolute atomic E-state index is 13.1. The van der Waals surface area contributed by atoms with Crippen LogP contribution in [0.2, 0.25) is 0 Å². The smallest absolute Gasteiger partial charge is 0.416 e. The van der Waals surface area contributed by atoms with E-state index in [0.29, 0.717) is 17.8 Å². The number of ether oxygens (including phenoxy) is 1. The molecule has 0 bridgehead atoms. The summed E-state index contributed by atoms with van der Waals surface area (Å²) in [7, 11) is 3.39. The van der Waals surface area contributed by atoms with Crippen molar-refractivity contribution in [2.75, 3.05) is 38.7 Å². The molecule has 0 radical (unpaired) electrons. The van der Waals surface area contributed by atoms with Crippen LogP contribution in [-0.4, -0.2) is 60.0 Å². The number of phenols is 1. The maximum Gasteiger partial charge on any atom is 0.416 e. The first-order chi connectivity index (χ1) is 14.2. The second-order valence-corrected chi connectivity index (χ2v) is 8.05. The molecular weight excluding hydrogens is 397 g/mol. The predicted octanol–water partition coefficient (Wildman–Crippen LogP) is 3.64. The highest BCUT2D eigenvalue weighted by Gasteiger charge is 2.35. The van der Waals surface area contributed by atoms with Gasteiger partial charge in [-0.1, -0.05) is 0 Å². The number of hydrogen-bond donors (Lipinski definition) is 1. The van der Waals surface area contributed by atoms with Gasteiger partial charge in [0.25, 0.3) is 0 Å². The number of halogens is 3. The number of alkyl halides is 3. The van der Waals surface area contributed by atoms with Crippen LogP contribution in [0.1, 0.15) is 29.5 Å². The first kappa shape index (κ1) is 20.7. The molecule has 162 valence electrons. The molecule has 1 aromatic heterocycles. The Bertz CT molecular complexity index is 964. The van der Waals surface area contributed by atoms with Gasteiger partial charge in [0.2, 0.25) is 0 Å². The molecule has 30 heavy (non-hydrogen) atoms. The molecule has 0 amide bonds. The summed E-state index contributed by atoms with van der Waals surface area (Å²) in [4.78, 5) is 4.60. The van der Waals surface area contributed by atoms with Crippen LogP contribution in [-0.2, 0) is 12.6 Å². The summed E-state index contributed by atoms with van der Waals surface area (Å²) in [5.74, 6) is 0.230. The molecule has 1 aromatic carbocycles. The summed E-state index contributed by atoms with van der Waals surface area (Å²) in [5, 5.41) is 19.2. The Kier molecular flexibility index (Phi) is 5.25. The zero-order chi connectivity index (χ0) is 21.6. The van der Waals surface area contributed by atoms with Crippen molar-refractivity contribution in [3.05, 3.63) is 28.8 Å². The van der Waals surface area contributed by atoms with Crippen LogP contribution in [0.15, 0.2) is 12.1 Å². The maximum atomic E-state index is 13.1. The lowest BCUT2D eigenvalue weighted by molar-refractivity contribution is -0.137. The SMILES string of the molecule is COc1cc(C(F)(F)F)cc(O)c1-c1nnc2c(c1C)CCN2[C@@H]1CCCN(C)C1. The van der Waals surface area contributed by atoms with Gasteiger partial charge in [-0.25, -0.2) is 0 Å². The van der Waals surface area contributed by atoms with Crippen LogP contribution >= 0.6 is 0 Å². The highest BCUT2D eigenvalue weighted by Crippen LogP contribution is 2.45. The minimum absolute atomic E-state index is 0.0802. The first-order valence-corrected chi connectivity index (χ1v) is 10.0. The van der Waals surface area contributed by atoms with Gasteiger partial charge in [-0.05, 0) is 57.5 Å². The fourth-order valence-corrected chi connectivity index (χ4v) is 4.56. The van der Waals surface area contributed by atoms with Crippen molar-refractivity contribution in [3.63, 3.8) is 0 Å². The second kappa shape index (κ2) is 7.61. The van der Waals surface area contributed by atoms with E-state index >= 15 is 0 Å². The lowest BCUT2D eigenvalue weighted by Gasteiger charge is -2.36. The van der Waals surface area contributed by atoms with E-state index < -0.39 is 17.5 Å². The molecule has 1 N–H and O–H groups in total. The molecule has 9 heteroatoms. The molecule has 0 saturated carbocycles. The largest absolute Gasteiger partial charge is 0.507 e. The Morgan fingerprint density at radius 3 is 2.63 bits per heavy atom. The van der Waals surface area contributed by atoms with Gasteiger partial charge in [0.15, 0.2) is 5.82 Å². The van der Waals surface area contributed by atoms with E-state index in [1.807, 2.05) is 6.92 Å². The van der Waals surface area contributed by atoms with Crippen molar-refractivity contribution in [2.24, 2.45) is 0 Å². The molecule has 6 nitrogen and oxygen atoms in total. The second-order valence-electron chi connectivity index (χ2n) is 8.05. The van der Waals surface area contributed by atoms with Gasteiger partial charge < -0.3 is 19.6 Å². The number of aromatic hydroxyl groups is 1. The number of phenolic OH excluding ortho intramolecular Hbond substituents is 1.